The standard InChI is InChI=1S/C16H22O3/c1-9-5-6-12-10(2)8-16(18-4)14(7-13(9)12)11(3)15(17)19-16/h10,12H,5-8H2,1-4H3/t10-,12+,16+/m1/s1. The lowest BCUT2D eigenvalue weighted by Crippen LogP contribution is -2.36. The van der Waals surface area contributed by atoms with Crippen molar-refractivity contribution in [2.24, 2.45) is 11.8 Å². The molecule has 1 saturated carbocycles. The summed E-state index contributed by atoms with van der Waals surface area (Å²) in [5, 5.41) is 0. The minimum atomic E-state index is -0.793. The summed E-state index contributed by atoms with van der Waals surface area (Å²) in [5.74, 6) is 0.122. The van der Waals surface area contributed by atoms with Crippen LogP contribution in [0.25, 0.3) is 0 Å². The molecule has 0 aromatic carbocycles. The molecule has 19 heavy (non-hydrogen) atoms. The Kier molecular flexibility index (Phi) is 2.86. The van der Waals surface area contributed by atoms with Crippen LogP contribution in [-0.4, -0.2) is 18.9 Å². The molecule has 3 nitrogen and oxygen atoms in total. The molecule has 0 unspecified atom stereocenters. The topological polar surface area (TPSA) is 35.5 Å². The van der Waals surface area contributed by atoms with Crippen LogP contribution in [0.2, 0.25) is 0 Å². The zero-order chi connectivity index (χ0) is 13.8. The number of allylic oxidation sites excluding steroid dienone is 2. The van der Waals surface area contributed by atoms with E-state index in [0.717, 1.165) is 24.0 Å². The molecule has 3 rings (SSSR count). The highest BCUT2D eigenvalue weighted by Crippen LogP contribution is 2.52. The van der Waals surface area contributed by atoms with Crippen molar-refractivity contribution in [2.75, 3.05) is 7.11 Å². The lowest BCUT2D eigenvalue weighted by Gasteiger charge is -2.30. The van der Waals surface area contributed by atoms with Crippen LogP contribution in [0.1, 0.15) is 46.5 Å². The van der Waals surface area contributed by atoms with E-state index in [1.807, 2.05) is 6.92 Å². The van der Waals surface area contributed by atoms with Crippen LogP contribution >= 0.6 is 0 Å². The molecule has 1 heterocycles. The molecule has 0 radical (unpaired) electrons. The van der Waals surface area contributed by atoms with E-state index in [-0.39, 0.29) is 5.97 Å². The van der Waals surface area contributed by atoms with Gasteiger partial charge in [-0.3, -0.25) is 0 Å². The largest absolute Gasteiger partial charge is 0.426 e. The van der Waals surface area contributed by atoms with E-state index < -0.39 is 5.79 Å². The number of hydrogen-bond donors (Lipinski definition) is 0. The average Bonchev–Trinajstić information content (AvgIpc) is 2.80. The van der Waals surface area contributed by atoms with E-state index in [0.29, 0.717) is 11.8 Å². The molecular formula is C16H22O3. The van der Waals surface area contributed by atoms with Gasteiger partial charge in [0.25, 0.3) is 0 Å². The second-order valence-corrected chi connectivity index (χ2v) is 6.26. The molecule has 0 saturated heterocycles. The summed E-state index contributed by atoms with van der Waals surface area (Å²) in [6, 6.07) is 0. The summed E-state index contributed by atoms with van der Waals surface area (Å²) in [7, 11) is 1.65. The molecule has 3 heteroatoms. The molecule has 0 N–H and O–H groups in total. The third-order valence-corrected chi connectivity index (χ3v) is 5.28. The molecule has 0 bridgehead atoms. The maximum Gasteiger partial charge on any atom is 0.336 e. The summed E-state index contributed by atoms with van der Waals surface area (Å²) in [5.41, 5.74) is 4.84. The normalized spacial score (nSPS) is 38.2. The molecule has 3 aliphatic rings. The van der Waals surface area contributed by atoms with Crippen molar-refractivity contribution in [2.45, 2.75) is 52.2 Å². The number of hydrogen-bond acceptors (Lipinski definition) is 3. The predicted molar refractivity (Wildman–Crippen MR) is 72.4 cm³/mol. The fraction of sp³-hybridized carbons (Fsp3) is 0.688. The fourth-order valence-electron chi connectivity index (χ4n) is 4.07. The average molecular weight is 262 g/mol. The number of ether oxygens (including phenoxy) is 2. The highest BCUT2D eigenvalue weighted by atomic mass is 16.7. The van der Waals surface area contributed by atoms with Crippen LogP contribution in [0, 0.1) is 11.8 Å². The highest BCUT2D eigenvalue weighted by molar-refractivity contribution is 5.92. The quantitative estimate of drug-likeness (QED) is 0.537. The van der Waals surface area contributed by atoms with Crippen molar-refractivity contribution < 1.29 is 14.3 Å². The number of rotatable bonds is 1. The Balaban J connectivity index is 2.11. The molecule has 1 aliphatic heterocycles. The van der Waals surface area contributed by atoms with Crippen LogP contribution < -0.4 is 0 Å². The van der Waals surface area contributed by atoms with Gasteiger partial charge in [-0.05, 0) is 44.9 Å². The van der Waals surface area contributed by atoms with Crippen molar-refractivity contribution >= 4 is 5.97 Å². The molecule has 0 spiro atoms. The zero-order valence-corrected chi connectivity index (χ0v) is 12.2. The van der Waals surface area contributed by atoms with Crippen molar-refractivity contribution in [1.82, 2.24) is 0 Å². The van der Waals surface area contributed by atoms with Crippen molar-refractivity contribution in [3.8, 4) is 0 Å². The molecule has 2 aliphatic carbocycles. The van der Waals surface area contributed by atoms with Gasteiger partial charge < -0.3 is 9.47 Å². The van der Waals surface area contributed by atoms with Crippen molar-refractivity contribution in [3.63, 3.8) is 0 Å². The second kappa shape index (κ2) is 4.20. The van der Waals surface area contributed by atoms with Crippen LogP contribution in [0.15, 0.2) is 22.3 Å². The number of esters is 1. The first-order valence-electron chi connectivity index (χ1n) is 7.15. The first kappa shape index (κ1) is 12.9. The summed E-state index contributed by atoms with van der Waals surface area (Å²) in [4.78, 5) is 11.9. The van der Waals surface area contributed by atoms with E-state index in [4.69, 9.17) is 9.47 Å². The van der Waals surface area contributed by atoms with E-state index in [2.05, 4.69) is 13.8 Å². The number of carbonyl (C=O) groups is 1. The van der Waals surface area contributed by atoms with Crippen LogP contribution in [-0.2, 0) is 14.3 Å². The lowest BCUT2D eigenvalue weighted by atomic mass is 9.86. The summed E-state index contributed by atoms with van der Waals surface area (Å²) in [6.07, 6.45) is 4.07. The molecular weight excluding hydrogens is 240 g/mol. The number of methoxy groups -OCH3 is 1. The van der Waals surface area contributed by atoms with Crippen molar-refractivity contribution in [1.29, 1.82) is 0 Å². The third kappa shape index (κ3) is 1.71. The third-order valence-electron chi connectivity index (χ3n) is 5.28. The van der Waals surface area contributed by atoms with Crippen LogP contribution in [0.4, 0.5) is 0 Å². The van der Waals surface area contributed by atoms with Crippen molar-refractivity contribution in [3.05, 3.63) is 22.3 Å². The first-order valence-corrected chi connectivity index (χ1v) is 7.15. The zero-order valence-electron chi connectivity index (χ0n) is 12.2. The molecule has 1 fully saturated rings. The van der Waals surface area contributed by atoms with Gasteiger partial charge in [0.15, 0.2) is 0 Å². The van der Waals surface area contributed by atoms with E-state index >= 15 is 0 Å². The lowest BCUT2D eigenvalue weighted by molar-refractivity contribution is -0.198. The van der Waals surface area contributed by atoms with Gasteiger partial charge in [0.05, 0.1) is 0 Å². The maximum atomic E-state index is 11.9. The smallest absolute Gasteiger partial charge is 0.336 e. The van der Waals surface area contributed by atoms with Gasteiger partial charge in [0.1, 0.15) is 0 Å². The molecule has 3 atom stereocenters. The first-order chi connectivity index (χ1) is 8.98. The Labute approximate surface area is 114 Å². The molecule has 0 aromatic heterocycles. The Bertz CT molecular complexity index is 500. The maximum absolute atomic E-state index is 11.9. The molecule has 0 amide bonds. The Hall–Kier alpha value is -1.09. The molecule has 104 valence electrons. The fourth-order valence-corrected chi connectivity index (χ4v) is 4.07. The number of fused-ring (bicyclic) bond motifs is 2. The van der Waals surface area contributed by atoms with E-state index in [1.54, 1.807) is 7.11 Å². The Morgan fingerprint density at radius 3 is 2.79 bits per heavy atom. The minimum Gasteiger partial charge on any atom is -0.426 e. The summed E-state index contributed by atoms with van der Waals surface area (Å²) in [6.45, 7) is 6.36. The van der Waals surface area contributed by atoms with Crippen LogP contribution in [0.5, 0.6) is 0 Å². The van der Waals surface area contributed by atoms with Gasteiger partial charge >= 0.3 is 5.97 Å². The minimum absolute atomic E-state index is 0.209. The highest BCUT2D eigenvalue weighted by Gasteiger charge is 2.51. The predicted octanol–water partition coefficient (Wildman–Crippen LogP) is 3.36. The SMILES string of the molecule is CO[C@]12C[C@@H](C)[C@@H]3CCC(C)=C3CC1=C(C)C(=O)O2. The number of carbonyl (C=O) groups excluding carboxylic acids is 1. The summed E-state index contributed by atoms with van der Waals surface area (Å²) >= 11 is 0. The van der Waals surface area contributed by atoms with E-state index in [1.165, 1.54) is 24.0 Å². The Morgan fingerprint density at radius 2 is 2.11 bits per heavy atom. The molecule has 0 aromatic rings. The van der Waals surface area contributed by atoms with Crippen LogP contribution in [0.3, 0.4) is 0 Å². The van der Waals surface area contributed by atoms with Gasteiger partial charge in [0, 0.05) is 24.7 Å². The Morgan fingerprint density at radius 1 is 1.37 bits per heavy atom. The van der Waals surface area contributed by atoms with Gasteiger partial charge in [-0.2, -0.15) is 0 Å². The van der Waals surface area contributed by atoms with Gasteiger partial charge in [0.2, 0.25) is 5.79 Å². The second-order valence-electron chi connectivity index (χ2n) is 6.26. The summed E-state index contributed by atoms with van der Waals surface area (Å²) < 4.78 is 11.3. The monoisotopic (exact) mass is 262 g/mol. The van der Waals surface area contributed by atoms with Gasteiger partial charge in [-0.25, -0.2) is 4.79 Å². The van der Waals surface area contributed by atoms with E-state index in [9.17, 15) is 4.79 Å². The van der Waals surface area contributed by atoms with Gasteiger partial charge in [-0.1, -0.05) is 18.1 Å². The van der Waals surface area contributed by atoms with Gasteiger partial charge in [-0.15, -0.1) is 0 Å².